The Hall–Kier alpha value is -6.26. The first kappa shape index (κ1) is 29.2. The predicted molar refractivity (Wildman–Crippen MR) is 190 cm³/mol. The third-order valence-electron chi connectivity index (χ3n) is 9.73. The topological polar surface area (TPSA) is 68.3 Å². The molecule has 4 heteroatoms. The Bertz CT molecular complexity index is 2280. The summed E-state index contributed by atoms with van der Waals surface area (Å²) in [5.74, 6) is -0.0672. The summed E-state index contributed by atoms with van der Waals surface area (Å²) in [5.41, 5.74) is 16.9. The SMILES string of the molecule is O=Cc1ccc(C2=CC(c3ccc(C=O)cc3)=C3C=Cc4c(-c5ccc(C=O)cc5)cc(-c5ccc(C=O)cc5)c5c4C3C2=CC5)cc1. The zero-order valence-corrected chi connectivity index (χ0v) is 25.9. The fourth-order valence-corrected chi connectivity index (χ4v) is 7.35. The van der Waals surface area contributed by atoms with E-state index in [4.69, 9.17) is 0 Å². The van der Waals surface area contributed by atoms with Crippen molar-refractivity contribution in [1.29, 1.82) is 0 Å². The molecule has 0 N–H and O–H groups in total. The van der Waals surface area contributed by atoms with Crippen molar-refractivity contribution >= 4 is 42.4 Å². The van der Waals surface area contributed by atoms with Crippen molar-refractivity contribution < 1.29 is 19.2 Å². The van der Waals surface area contributed by atoms with Gasteiger partial charge in [-0.05, 0) is 90.9 Å². The normalized spacial score (nSPS) is 15.6. The molecule has 0 bridgehead atoms. The molecule has 0 radical (unpaired) electrons. The van der Waals surface area contributed by atoms with Gasteiger partial charge in [-0.25, -0.2) is 0 Å². The average molecular weight is 621 g/mol. The van der Waals surface area contributed by atoms with Gasteiger partial charge in [0.1, 0.15) is 25.1 Å². The number of allylic oxidation sites excluding steroid dienone is 7. The van der Waals surface area contributed by atoms with E-state index in [1.54, 1.807) is 0 Å². The number of carbonyl (C=O) groups excluding carboxylic acids is 4. The molecule has 0 amide bonds. The first-order valence-electron chi connectivity index (χ1n) is 15.9. The monoisotopic (exact) mass is 620 g/mol. The lowest BCUT2D eigenvalue weighted by atomic mass is 9.64. The minimum atomic E-state index is -0.0672. The molecule has 3 aliphatic carbocycles. The van der Waals surface area contributed by atoms with Gasteiger partial charge in [0.25, 0.3) is 0 Å². The van der Waals surface area contributed by atoms with Crippen LogP contribution in [0.5, 0.6) is 0 Å². The van der Waals surface area contributed by atoms with E-state index >= 15 is 0 Å². The van der Waals surface area contributed by atoms with Gasteiger partial charge in [0.2, 0.25) is 0 Å². The number of benzene rings is 5. The molecule has 0 heterocycles. The molecule has 228 valence electrons. The summed E-state index contributed by atoms with van der Waals surface area (Å²) in [6.45, 7) is 0. The summed E-state index contributed by atoms with van der Waals surface area (Å²) in [7, 11) is 0. The fourth-order valence-electron chi connectivity index (χ4n) is 7.35. The second kappa shape index (κ2) is 11.8. The Morgan fingerprint density at radius 1 is 0.521 bits per heavy atom. The largest absolute Gasteiger partial charge is 0.298 e. The Kier molecular flexibility index (Phi) is 7.19. The maximum absolute atomic E-state index is 11.5. The summed E-state index contributed by atoms with van der Waals surface area (Å²) in [5, 5.41) is 0. The van der Waals surface area contributed by atoms with Crippen molar-refractivity contribution in [3.05, 3.63) is 183 Å². The van der Waals surface area contributed by atoms with Crippen LogP contribution in [0.25, 0.3) is 39.5 Å². The maximum atomic E-state index is 11.5. The highest BCUT2D eigenvalue weighted by Gasteiger charge is 2.38. The number of carbonyl (C=O) groups is 4. The van der Waals surface area contributed by atoms with Gasteiger partial charge in [-0.15, -0.1) is 0 Å². The molecule has 0 aromatic heterocycles. The van der Waals surface area contributed by atoms with E-state index in [9.17, 15) is 19.2 Å². The van der Waals surface area contributed by atoms with E-state index in [1.807, 2.05) is 97.1 Å². The highest BCUT2D eigenvalue weighted by Crippen LogP contribution is 2.56. The lowest BCUT2D eigenvalue weighted by Crippen LogP contribution is -2.22. The number of aldehydes is 4. The van der Waals surface area contributed by atoms with Crippen LogP contribution in [-0.2, 0) is 6.42 Å². The van der Waals surface area contributed by atoms with Gasteiger partial charge in [0.15, 0.2) is 0 Å². The third kappa shape index (κ3) is 4.78. The van der Waals surface area contributed by atoms with Gasteiger partial charge in [-0.3, -0.25) is 19.2 Å². The van der Waals surface area contributed by atoms with Crippen LogP contribution < -0.4 is 0 Å². The van der Waals surface area contributed by atoms with Gasteiger partial charge in [0.05, 0.1) is 0 Å². The second-order valence-corrected chi connectivity index (χ2v) is 12.3. The van der Waals surface area contributed by atoms with E-state index in [1.165, 1.54) is 22.3 Å². The zero-order chi connectivity index (χ0) is 32.8. The highest BCUT2D eigenvalue weighted by atomic mass is 16.1. The summed E-state index contributed by atoms with van der Waals surface area (Å²) in [4.78, 5) is 46.0. The molecule has 5 aromatic rings. The smallest absolute Gasteiger partial charge is 0.150 e. The van der Waals surface area contributed by atoms with Gasteiger partial charge in [0, 0.05) is 28.2 Å². The van der Waals surface area contributed by atoms with Crippen molar-refractivity contribution in [2.45, 2.75) is 12.3 Å². The highest BCUT2D eigenvalue weighted by molar-refractivity contribution is 6.02. The average Bonchev–Trinajstić information content (AvgIpc) is 3.16. The third-order valence-corrected chi connectivity index (χ3v) is 9.73. The first-order valence-corrected chi connectivity index (χ1v) is 15.9. The summed E-state index contributed by atoms with van der Waals surface area (Å²) < 4.78 is 0. The number of rotatable bonds is 8. The Balaban J connectivity index is 1.41. The van der Waals surface area contributed by atoms with Crippen molar-refractivity contribution in [2.24, 2.45) is 0 Å². The van der Waals surface area contributed by atoms with E-state index in [-0.39, 0.29) is 5.92 Å². The van der Waals surface area contributed by atoms with Crippen LogP contribution >= 0.6 is 0 Å². The van der Waals surface area contributed by atoms with Crippen LogP contribution in [0.1, 0.15) is 75.2 Å². The molecule has 0 saturated carbocycles. The molecule has 3 aliphatic rings. The standard InChI is InChI=1S/C44H28O4/c45-23-27-1-9-31(10-2-27)39-21-40(32-11-3-28(24-46)4-12-32)36-19-20-38-42(34-15-7-30(26-48)8-16-34)22-41(33-13-5-29(25-47)6-14-33)37-18-17-35(39)43(36)44(37)38/h1-19,21-26,43H,20H2. The quantitative estimate of drug-likeness (QED) is 0.162. The molecular formula is C44H28O4. The molecule has 8 rings (SSSR count). The molecule has 0 aliphatic heterocycles. The van der Waals surface area contributed by atoms with Gasteiger partial charge >= 0.3 is 0 Å². The van der Waals surface area contributed by atoms with Crippen LogP contribution in [0.3, 0.4) is 0 Å². The van der Waals surface area contributed by atoms with Crippen LogP contribution in [-0.4, -0.2) is 25.1 Å². The first-order chi connectivity index (χ1) is 23.6. The summed E-state index contributed by atoms with van der Waals surface area (Å²) in [6.07, 6.45) is 13.2. The van der Waals surface area contributed by atoms with Crippen LogP contribution in [0.2, 0.25) is 0 Å². The van der Waals surface area contributed by atoms with Gasteiger partial charge in [-0.2, -0.15) is 0 Å². The molecular weight excluding hydrogens is 592 g/mol. The minimum Gasteiger partial charge on any atom is -0.298 e. The number of hydrogen-bond donors (Lipinski definition) is 0. The van der Waals surface area contributed by atoms with Crippen molar-refractivity contribution in [2.75, 3.05) is 0 Å². The fraction of sp³-hybridized carbons (Fsp3) is 0.0455. The molecule has 0 fully saturated rings. The van der Waals surface area contributed by atoms with Crippen molar-refractivity contribution in [3.8, 4) is 22.3 Å². The van der Waals surface area contributed by atoms with Gasteiger partial charge < -0.3 is 0 Å². The maximum Gasteiger partial charge on any atom is 0.150 e. The lowest BCUT2D eigenvalue weighted by molar-refractivity contribution is 0.111. The van der Waals surface area contributed by atoms with Crippen LogP contribution in [0.4, 0.5) is 0 Å². The predicted octanol–water partition coefficient (Wildman–Crippen LogP) is 9.41. The van der Waals surface area contributed by atoms with Crippen molar-refractivity contribution in [3.63, 3.8) is 0 Å². The van der Waals surface area contributed by atoms with Crippen LogP contribution in [0.15, 0.2) is 133 Å². The Labute approximate surface area is 278 Å². The molecule has 0 saturated heterocycles. The van der Waals surface area contributed by atoms with E-state index < -0.39 is 0 Å². The van der Waals surface area contributed by atoms with Gasteiger partial charge in [-0.1, -0.05) is 115 Å². The van der Waals surface area contributed by atoms with E-state index in [0.29, 0.717) is 22.3 Å². The second-order valence-electron chi connectivity index (χ2n) is 12.3. The minimum absolute atomic E-state index is 0.0672. The van der Waals surface area contributed by atoms with E-state index in [2.05, 4.69) is 30.4 Å². The Morgan fingerprint density at radius 3 is 1.52 bits per heavy atom. The number of hydrogen-bond acceptors (Lipinski definition) is 4. The molecule has 1 atom stereocenters. The van der Waals surface area contributed by atoms with Crippen molar-refractivity contribution in [1.82, 2.24) is 0 Å². The Morgan fingerprint density at radius 2 is 1.00 bits per heavy atom. The molecule has 5 aromatic carbocycles. The molecule has 0 spiro atoms. The van der Waals surface area contributed by atoms with E-state index in [0.717, 1.165) is 81.7 Å². The zero-order valence-electron chi connectivity index (χ0n) is 25.9. The molecule has 1 unspecified atom stereocenters. The van der Waals surface area contributed by atoms with Crippen LogP contribution in [0, 0.1) is 0 Å². The summed E-state index contributed by atoms with van der Waals surface area (Å²) >= 11 is 0. The molecule has 48 heavy (non-hydrogen) atoms. The lowest BCUT2D eigenvalue weighted by Gasteiger charge is -2.39. The summed E-state index contributed by atoms with van der Waals surface area (Å²) in [6, 6.07) is 33.1. The molecule has 4 nitrogen and oxygen atoms in total.